The molecule has 11 heteroatoms. The Bertz CT molecular complexity index is 1220. The van der Waals surface area contributed by atoms with E-state index in [9.17, 15) is 0 Å². The number of benzene rings is 3. The second-order valence-corrected chi connectivity index (χ2v) is 16.4. The molecule has 0 atom stereocenters. The van der Waals surface area contributed by atoms with Gasteiger partial charge in [0, 0.05) is 0 Å². The van der Waals surface area contributed by atoms with Crippen molar-refractivity contribution in [2.75, 3.05) is 39.3 Å². The standard InChI is InChI=1S/C27H27Br3N4O3.Tl/c28-22-1-4-25(35)19(13-22)16-31-7-10-34(11-8-32-17-20-14-23(29)2-5-26(20)36)12-9-33-18-21-15-24(30)3-6-27(21)37;/h1-6,13-18,35-37H,7-12H2;/q;+3/p-3. The first-order valence-electron chi connectivity index (χ1n) is 12.1. The fraction of sp³-hybridized carbons (Fsp3) is 0.222. The first kappa shape index (κ1) is 27.9. The maximum absolute atomic E-state index is 6.58. The van der Waals surface area contributed by atoms with Crippen LogP contribution in [0.3, 0.4) is 0 Å². The molecule has 0 aromatic heterocycles. The molecule has 7 nitrogen and oxygen atoms in total. The summed E-state index contributed by atoms with van der Waals surface area (Å²) < 4.78 is 22.6. The van der Waals surface area contributed by atoms with E-state index < -0.39 is 24.1 Å². The van der Waals surface area contributed by atoms with Crippen LogP contribution in [0.25, 0.3) is 0 Å². The third-order valence-corrected chi connectivity index (χ3v) is 12.6. The summed E-state index contributed by atoms with van der Waals surface area (Å²) in [5.41, 5.74) is 2.62. The zero-order valence-electron chi connectivity index (χ0n) is 20.4. The number of halogens is 3. The molecule has 6 rings (SSSR count). The van der Waals surface area contributed by atoms with E-state index in [0.717, 1.165) is 49.7 Å². The molecule has 0 amide bonds. The van der Waals surface area contributed by atoms with E-state index in [1.165, 1.54) is 0 Å². The van der Waals surface area contributed by atoms with Crippen molar-refractivity contribution >= 4 is 90.5 Å². The van der Waals surface area contributed by atoms with Gasteiger partial charge in [-0.3, -0.25) is 0 Å². The third kappa shape index (κ3) is 7.74. The van der Waals surface area contributed by atoms with Crippen molar-refractivity contribution in [1.82, 2.24) is 4.90 Å². The molecule has 2 bridgehead atoms. The van der Waals surface area contributed by atoms with E-state index in [0.29, 0.717) is 36.9 Å². The monoisotopic (exact) mass is 894 g/mol. The molecule has 3 aromatic carbocycles. The quantitative estimate of drug-likeness (QED) is 0.257. The van der Waals surface area contributed by atoms with E-state index in [1.807, 2.05) is 73.2 Å². The minimum absolute atomic E-state index is 0.658. The summed E-state index contributed by atoms with van der Waals surface area (Å²) >= 11 is 6.83. The number of aliphatic imine (C=N–C) groups is 3. The van der Waals surface area contributed by atoms with Crippen molar-refractivity contribution in [1.29, 1.82) is 0 Å². The molecule has 3 aliphatic heterocycles. The summed E-state index contributed by atoms with van der Waals surface area (Å²) in [4.78, 5) is 16.5. The van der Waals surface area contributed by atoms with Gasteiger partial charge in [-0.1, -0.05) is 0 Å². The number of rotatable bonds is 0. The van der Waals surface area contributed by atoms with Crippen LogP contribution in [0.2, 0.25) is 0 Å². The topological polar surface area (TPSA) is 68.0 Å². The van der Waals surface area contributed by atoms with Crippen molar-refractivity contribution in [2.24, 2.45) is 15.0 Å². The van der Waals surface area contributed by atoms with Gasteiger partial charge >= 0.3 is 260 Å². The fourth-order valence-corrected chi connectivity index (χ4v) is 10.6. The van der Waals surface area contributed by atoms with E-state index in [1.54, 1.807) is 0 Å². The number of hydrogen-bond acceptors (Lipinski definition) is 7. The van der Waals surface area contributed by atoms with Crippen molar-refractivity contribution in [3.8, 4) is 17.2 Å². The molecule has 3 heterocycles. The first-order valence-corrected chi connectivity index (χ1v) is 20.0. The molecule has 0 saturated heterocycles. The average Bonchev–Trinajstić information content (AvgIpc) is 2.89. The minimum atomic E-state index is -3.92. The summed E-state index contributed by atoms with van der Waals surface area (Å²) in [7, 11) is 0. The van der Waals surface area contributed by atoms with Gasteiger partial charge in [0.1, 0.15) is 0 Å². The predicted molar refractivity (Wildman–Crippen MR) is 164 cm³/mol. The molecule has 0 aliphatic carbocycles. The van der Waals surface area contributed by atoms with Crippen LogP contribution in [0, 0.1) is 0 Å². The van der Waals surface area contributed by atoms with Gasteiger partial charge < -0.3 is 0 Å². The van der Waals surface area contributed by atoms with E-state index in [2.05, 4.69) is 52.7 Å². The van der Waals surface area contributed by atoms with Gasteiger partial charge in [0.25, 0.3) is 0 Å². The molecule has 3 aromatic rings. The Labute approximate surface area is 257 Å². The zero-order chi connectivity index (χ0) is 26.3. The summed E-state index contributed by atoms with van der Waals surface area (Å²) in [6.45, 7) is 4.41. The summed E-state index contributed by atoms with van der Waals surface area (Å²) in [5.74, 6) is 2.04. The van der Waals surface area contributed by atoms with Crippen LogP contribution in [0.1, 0.15) is 16.7 Å². The van der Waals surface area contributed by atoms with Crippen LogP contribution in [-0.2, 0) is 0 Å². The molecule has 0 radical (unpaired) electrons. The molecule has 0 saturated carbocycles. The van der Waals surface area contributed by atoms with E-state index in [4.69, 9.17) is 23.0 Å². The molecule has 38 heavy (non-hydrogen) atoms. The average molecular weight is 897 g/mol. The molecule has 194 valence electrons. The van der Waals surface area contributed by atoms with Crippen molar-refractivity contribution in [2.45, 2.75) is 0 Å². The second-order valence-electron chi connectivity index (χ2n) is 8.64. The Hall–Kier alpha value is -1.61. The molecule has 3 aliphatic rings. The summed E-state index contributed by atoms with van der Waals surface area (Å²) in [5, 5.41) is 0. The van der Waals surface area contributed by atoms with Gasteiger partial charge in [-0.15, -0.1) is 0 Å². The Morgan fingerprint density at radius 1 is 0.553 bits per heavy atom. The van der Waals surface area contributed by atoms with Gasteiger partial charge in [-0.2, -0.15) is 0 Å². The maximum atomic E-state index is 6.58. The summed E-state index contributed by atoms with van der Waals surface area (Å²) in [6, 6.07) is 17.6. The van der Waals surface area contributed by atoms with Crippen LogP contribution in [0.5, 0.6) is 17.2 Å². The zero-order valence-corrected chi connectivity index (χ0v) is 29.6. The van der Waals surface area contributed by atoms with Crippen LogP contribution < -0.4 is 8.06 Å². The van der Waals surface area contributed by atoms with Crippen LogP contribution in [-0.4, -0.2) is 86.9 Å². The second kappa shape index (κ2) is 13.6. The number of hydrogen-bond donors (Lipinski definition) is 0. The molecule has 0 fully saturated rings. The Morgan fingerprint density at radius 3 is 1.24 bits per heavy atom. The SMILES string of the molecule is Brc1ccc2c(c1)C=NCCN1CCN=Cc3cc(Br)ccc3[O][Tl]([O]2)[O]c2ccc(Br)cc2C=NCC1. The predicted octanol–water partition coefficient (Wildman–Crippen LogP) is 6.08. The molecular weight excluding hydrogens is 872 g/mol. The van der Waals surface area contributed by atoms with Gasteiger partial charge in [0.2, 0.25) is 0 Å². The Balaban J connectivity index is 1.64. The molecule has 0 N–H and O–H groups in total. The molecular formula is C27H24Br3N4O3Tl. The number of nitrogens with zero attached hydrogens (tertiary/aromatic N) is 4. The van der Waals surface area contributed by atoms with Crippen molar-refractivity contribution < 1.29 is 8.06 Å². The first-order chi connectivity index (χ1) is 18.5. The number of fused-ring (bicyclic) bond motifs is 6. The summed E-state index contributed by atoms with van der Waals surface area (Å²) in [6.07, 6.45) is 5.61. The van der Waals surface area contributed by atoms with Crippen LogP contribution in [0.4, 0.5) is 0 Å². The van der Waals surface area contributed by atoms with Gasteiger partial charge in [-0.05, 0) is 0 Å². The van der Waals surface area contributed by atoms with E-state index >= 15 is 0 Å². The Morgan fingerprint density at radius 2 is 0.895 bits per heavy atom. The molecule has 0 unspecified atom stereocenters. The molecule has 0 spiro atoms. The van der Waals surface area contributed by atoms with Crippen molar-refractivity contribution in [3.63, 3.8) is 0 Å². The van der Waals surface area contributed by atoms with Crippen LogP contribution >= 0.6 is 47.8 Å². The van der Waals surface area contributed by atoms with Crippen molar-refractivity contribution in [3.05, 3.63) is 84.7 Å². The van der Waals surface area contributed by atoms with Crippen LogP contribution in [0.15, 0.2) is 83.0 Å². The Kier molecular flexibility index (Phi) is 10.0. The third-order valence-electron chi connectivity index (χ3n) is 5.91. The van der Waals surface area contributed by atoms with Gasteiger partial charge in [0.15, 0.2) is 0 Å². The van der Waals surface area contributed by atoms with Gasteiger partial charge in [-0.25, -0.2) is 0 Å². The van der Waals surface area contributed by atoms with Gasteiger partial charge in [0.05, 0.1) is 0 Å². The van der Waals surface area contributed by atoms with E-state index in [-0.39, 0.29) is 0 Å². The fourth-order valence-electron chi connectivity index (χ4n) is 3.99. The normalized spacial score (nSPS) is 17.8.